The maximum atomic E-state index is 13.9. The van der Waals surface area contributed by atoms with Gasteiger partial charge < -0.3 is 25.3 Å². The van der Waals surface area contributed by atoms with Gasteiger partial charge in [-0.2, -0.15) is 5.26 Å². The van der Waals surface area contributed by atoms with E-state index in [-0.39, 0.29) is 31.6 Å². The molecule has 2 aliphatic rings. The van der Waals surface area contributed by atoms with Gasteiger partial charge in [-0.3, -0.25) is 4.79 Å². The van der Waals surface area contributed by atoms with Crippen LogP contribution in [0.1, 0.15) is 42.9 Å². The largest absolute Gasteiger partial charge is 0.396 e. The standard InChI is InChI=1S/C26H30N4O4/c27-17-19-7-6-10-22(15-19)28-25(34)30-23(20-8-2-1-3-9-20)21(18-32)16-26(30)11-4-5-12-29(13-14-31)24(26)33/h1-3,6-10,15,21,23,31-32H,4-5,11-14,16,18H2,(H,28,34)/t21-,23+,26+/m1/s1. The number of nitrogens with one attached hydrogen (secondary N) is 1. The number of carbonyl (C=O) groups excluding carboxylic acids is 2. The van der Waals surface area contributed by atoms with Gasteiger partial charge in [0, 0.05) is 31.3 Å². The molecule has 8 heteroatoms. The number of likely N-dealkylation sites (tertiary alicyclic amines) is 2. The van der Waals surface area contributed by atoms with Crippen LogP contribution in [-0.2, 0) is 4.79 Å². The number of benzene rings is 2. The highest BCUT2D eigenvalue weighted by atomic mass is 16.3. The third kappa shape index (κ3) is 4.37. The zero-order valence-corrected chi connectivity index (χ0v) is 19.1. The Labute approximate surface area is 199 Å². The highest BCUT2D eigenvalue weighted by Gasteiger charge is 2.59. The molecule has 0 unspecified atom stereocenters. The SMILES string of the molecule is N#Cc1cccc(NC(=O)N2[C@@H](c3ccccc3)[C@@H](CO)C[C@]23CCCCN(CCO)C3=O)c1. The van der Waals surface area contributed by atoms with E-state index in [1.165, 1.54) is 0 Å². The van der Waals surface area contributed by atoms with Crippen molar-refractivity contribution in [2.45, 2.75) is 37.3 Å². The van der Waals surface area contributed by atoms with Gasteiger partial charge in [0.2, 0.25) is 5.91 Å². The number of aliphatic hydroxyl groups is 2. The van der Waals surface area contributed by atoms with E-state index < -0.39 is 17.6 Å². The summed E-state index contributed by atoms with van der Waals surface area (Å²) < 4.78 is 0. The van der Waals surface area contributed by atoms with Gasteiger partial charge in [0.1, 0.15) is 5.54 Å². The quantitative estimate of drug-likeness (QED) is 0.632. The van der Waals surface area contributed by atoms with Crippen LogP contribution >= 0.6 is 0 Å². The second-order valence-electron chi connectivity index (χ2n) is 9.00. The van der Waals surface area contributed by atoms with Crippen molar-refractivity contribution in [1.29, 1.82) is 5.26 Å². The summed E-state index contributed by atoms with van der Waals surface area (Å²) in [5, 5.41) is 32.0. The van der Waals surface area contributed by atoms with Gasteiger partial charge >= 0.3 is 6.03 Å². The highest BCUT2D eigenvalue weighted by Crippen LogP contribution is 2.50. The van der Waals surface area contributed by atoms with E-state index in [4.69, 9.17) is 0 Å². The molecule has 0 bridgehead atoms. The first kappa shape index (κ1) is 23.7. The summed E-state index contributed by atoms with van der Waals surface area (Å²) in [5.41, 5.74) is 0.606. The summed E-state index contributed by atoms with van der Waals surface area (Å²) in [5.74, 6) is -0.506. The van der Waals surface area contributed by atoms with Crippen LogP contribution in [0.2, 0.25) is 0 Å². The van der Waals surface area contributed by atoms with E-state index in [0.717, 1.165) is 18.4 Å². The third-order valence-corrected chi connectivity index (χ3v) is 6.95. The van der Waals surface area contributed by atoms with Crippen LogP contribution in [0.5, 0.6) is 0 Å². The van der Waals surface area contributed by atoms with Crippen molar-refractivity contribution in [3.8, 4) is 6.07 Å². The first-order valence-electron chi connectivity index (χ1n) is 11.7. The highest BCUT2D eigenvalue weighted by molar-refractivity contribution is 5.97. The summed E-state index contributed by atoms with van der Waals surface area (Å²) in [6.07, 6.45) is 2.36. The molecule has 178 valence electrons. The van der Waals surface area contributed by atoms with E-state index in [1.807, 2.05) is 30.3 Å². The fourth-order valence-corrected chi connectivity index (χ4v) is 5.50. The normalized spacial score (nSPS) is 24.7. The smallest absolute Gasteiger partial charge is 0.323 e. The number of nitrogens with zero attached hydrogens (tertiary/aromatic N) is 3. The summed E-state index contributed by atoms with van der Waals surface area (Å²) in [4.78, 5) is 31.1. The maximum absolute atomic E-state index is 13.9. The van der Waals surface area contributed by atoms with Gasteiger partial charge in [-0.1, -0.05) is 36.4 Å². The molecule has 2 aromatic carbocycles. The Bertz CT molecular complexity index is 1070. The molecule has 4 rings (SSSR count). The number of hydrogen-bond donors (Lipinski definition) is 3. The molecule has 2 heterocycles. The Kier molecular flexibility index (Phi) is 7.15. The summed E-state index contributed by atoms with van der Waals surface area (Å²) in [6.45, 7) is 0.420. The van der Waals surface area contributed by atoms with E-state index in [2.05, 4.69) is 11.4 Å². The van der Waals surface area contributed by atoms with Crippen LogP contribution in [0.25, 0.3) is 0 Å². The molecule has 34 heavy (non-hydrogen) atoms. The molecule has 3 N–H and O–H groups in total. The lowest BCUT2D eigenvalue weighted by Crippen LogP contribution is -2.59. The van der Waals surface area contributed by atoms with E-state index >= 15 is 0 Å². The van der Waals surface area contributed by atoms with Crippen molar-refractivity contribution in [2.24, 2.45) is 5.92 Å². The van der Waals surface area contributed by atoms with Crippen molar-refractivity contribution in [1.82, 2.24) is 9.80 Å². The molecular weight excluding hydrogens is 432 g/mol. The van der Waals surface area contributed by atoms with Gasteiger partial charge in [0.05, 0.1) is 24.3 Å². The number of hydrogen-bond acceptors (Lipinski definition) is 5. The van der Waals surface area contributed by atoms with Crippen LogP contribution in [0, 0.1) is 17.2 Å². The number of amides is 3. The summed E-state index contributed by atoms with van der Waals surface area (Å²) in [6, 6.07) is 17.3. The van der Waals surface area contributed by atoms with Crippen molar-refractivity contribution < 1.29 is 19.8 Å². The third-order valence-electron chi connectivity index (χ3n) is 6.95. The number of carbonyl (C=O) groups is 2. The number of β-amino-alcohol motifs (C(OH)–C–C–N with tert-alkyl or cyclic N) is 1. The molecule has 2 saturated heterocycles. The Morgan fingerprint density at radius 2 is 1.94 bits per heavy atom. The Morgan fingerprint density at radius 1 is 1.15 bits per heavy atom. The molecule has 0 radical (unpaired) electrons. The van der Waals surface area contributed by atoms with Gasteiger partial charge in [-0.05, 0) is 49.4 Å². The predicted molar refractivity (Wildman–Crippen MR) is 127 cm³/mol. The maximum Gasteiger partial charge on any atom is 0.323 e. The predicted octanol–water partition coefficient (Wildman–Crippen LogP) is 2.89. The van der Waals surface area contributed by atoms with Gasteiger partial charge in [0.15, 0.2) is 0 Å². The second-order valence-corrected chi connectivity index (χ2v) is 9.00. The lowest BCUT2D eigenvalue weighted by atomic mass is 9.86. The molecule has 2 aliphatic heterocycles. The number of anilines is 1. The topological polar surface area (TPSA) is 117 Å². The molecular formula is C26H30N4O4. The Balaban J connectivity index is 1.80. The van der Waals surface area contributed by atoms with Crippen molar-refractivity contribution in [3.05, 3.63) is 65.7 Å². The van der Waals surface area contributed by atoms with Gasteiger partial charge in [-0.25, -0.2) is 4.79 Å². The number of urea groups is 1. The Morgan fingerprint density at radius 3 is 2.65 bits per heavy atom. The minimum absolute atomic E-state index is 0.152. The number of rotatable bonds is 5. The molecule has 1 spiro atoms. The van der Waals surface area contributed by atoms with E-state index in [0.29, 0.717) is 30.6 Å². The van der Waals surface area contributed by atoms with Crippen LogP contribution in [0.3, 0.4) is 0 Å². The van der Waals surface area contributed by atoms with Gasteiger partial charge in [-0.15, -0.1) is 0 Å². The lowest BCUT2D eigenvalue weighted by molar-refractivity contribution is -0.141. The number of aliphatic hydroxyl groups excluding tert-OH is 2. The molecule has 0 saturated carbocycles. The fourth-order valence-electron chi connectivity index (χ4n) is 5.50. The fraction of sp³-hybridized carbons (Fsp3) is 0.423. The summed E-state index contributed by atoms with van der Waals surface area (Å²) >= 11 is 0. The lowest BCUT2D eigenvalue weighted by Gasteiger charge is -2.41. The zero-order valence-electron chi connectivity index (χ0n) is 19.1. The monoisotopic (exact) mass is 462 g/mol. The average molecular weight is 463 g/mol. The molecule has 2 fully saturated rings. The van der Waals surface area contributed by atoms with E-state index in [1.54, 1.807) is 34.1 Å². The minimum atomic E-state index is -1.13. The molecule has 3 atom stereocenters. The first-order valence-corrected chi connectivity index (χ1v) is 11.7. The molecule has 0 aliphatic carbocycles. The Hall–Kier alpha value is -3.41. The molecule has 2 aromatic rings. The van der Waals surface area contributed by atoms with E-state index in [9.17, 15) is 25.1 Å². The zero-order chi connectivity index (χ0) is 24.1. The molecule has 0 aromatic heterocycles. The van der Waals surface area contributed by atoms with Crippen LogP contribution in [0.4, 0.5) is 10.5 Å². The van der Waals surface area contributed by atoms with Gasteiger partial charge in [0.25, 0.3) is 0 Å². The second kappa shape index (κ2) is 10.2. The first-order chi connectivity index (χ1) is 16.5. The van der Waals surface area contributed by atoms with Crippen LogP contribution < -0.4 is 5.32 Å². The molecule has 8 nitrogen and oxygen atoms in total. The van der Waals surface area contributed by atoms with Crippen molar-refractivity contribution >= 4 is 17.6 Å². The van der Waals surface area contributed by atoms with Crippen LogP contribution in [0.15, 0.2) is 54.6 Å². The summed E-state index contributed by atoms with van der Waals surface area (Å²) in [7, 11) is 0. The van der Waals surface area contributed by atoms with Crippen molar-refractivity contribution in [3.63, 3.8) is 0 Å². The van der Waals surface area contributed by atoms with Crippen molar-refractivity contribution in [2.75, 3.05) is 31.6 Å². The number of nitriles is 1. The average Bonchev–Trinajstić information content (AvgIpc) is 3.13. The van der Waals surface area contributed by atoms with Crippen LogP contribution in [-0.4, -0.2) is 63.8 Å². The minimum Gasteiger partial charge on any atom is -0.396 e. The molecule has 3 amide bonds.